The molecule has 0 fully saturated rings. The Bertz CT molecular complexity index is 512. The van der Waals surface area contributed by atoms with E-state index >= 15 is 0 Å². The number of aromatic nitrogens is 2. The summed E-state index contributed by atoms with van der Waals surface area (Å²) >= 11 is 1.30. The molecule has 1 atom stereocenters. The van der Waals surface area contributed by atoms with Crippen molar-refractivity contribution in [1.82, 2.24) is 9.97 Å². The van der Waals surface area contributed by atoms with Crippen molar-refractivity contribution in [1.29, 1.82) is 0 Å². The van der Waals surface area contributed by atoms with Gasteiger partial charge in [-0.1, -0.05) is 0 Å². The Balaban J connectivity index is 2.07. The zero-order valence-corrected chi connectivity index (χ0v) is 9.85. The molecule has 0 saturated carbocycles. The van der Waals surface area contributed by atoms with E-state index < -0.39 is 6.04 Å². The Labute approximate surface area is 103 Å². The standard InChI is InChI=1S/C11H12N4OS/c12-8(10(16)11-15-3-4-17-11)5-7-1-2-14-9(13)6-7/h1-4,6,8H,5,12H2,(H2,13,14). The molecule has 88 valence electrons. The van der Waals surface area contributed by atoms with Crippen LogP contribution in [0.3, 0.4) is 0 Å². The van der Waals surface area contributed by atoms with Crippen LogP contribution in [0.1, 0.15) is 15.4 Å². The van der Waals surface area contributed by atoms with E-state index in [1.165, 1.54) is 11.3 Å². The Morgan fingerprint density at radius 2 is 2.24 bits per heavy atom. The average molecular weight is 248 g/mol. The molecule has 0 aliphatic heterocycles. The molecule has 5 nitrogen and oxygen atoms in total. The topological polar surface area (TPSA) is 94.9 Å². The van der Waals surface area contributed by atoms with E-state index in [1.54, 1.807) is 29.9 Å². The zero-order chi connectivity index (χ0) is 12.3. The lowest BCUT2D eigenvalue weighted by atomic mass is 10.0. The molecular formula is C11H12N4OS. The first kappa shape index (κ1) is 11.7. The lowest BCUT2D eigenvalue weighted by Gasteiger charge is -2.08. The fourth-order valence-electron chi connectivity index (χ4n) is 1.47. The van der Waals surface area contributed by atoms with Crippen molar-refractivity contribution in [2.45, 2.75) is 12.5 Å². The summed E-state index contributed by atoms with van der Waals surface area (Å²) in [5.41, 5.74) is 12.3. The monoisotopic (exact) mass is 248 g/mol. The highest BCUT2D eigenvalue weighted by molar-refractivity contribution is 7.11. The Kier molecular flexibility index (Phi) is 3.46. The first-order valence-corrected chi connectivity index (χ1v) is 5.94. The maximum atomic E-state index is 11.9. The Morgan fingerprint density at radius 1 is 1.41 bits per heavy atom. The molecule has 0 aliphatic carbocycles. The van der Waals surface area contributed by atoms with Gasteiger partial charge in [0.1, 0.15) is 5.82 Å². The molecule has 6 heteroatoms. The van der Waals surface area contributed by atoms with Crippen LogP contribution in [0, 0.1) is 0 Å². The molecular weight excluding hydrogens is 236 g/mol. The van der Waals surface area contributed by atoms with Crippen molar-refractivity contribution in [3.8, 4) is 0 Å². The van der Waals surface area contributed by atoms with E-state index in [9.17, 15) is 4.79 Å². The van der Waals surface area contributed by atoms with Crippen molar-refractivity contribution < 1.29 is 4.79 Å². The van der Waals surface area contributed by atoms with E-state index in [1.807, 2.05) is 0 Å². The molecule has 0 aliphatic rings. The molecule has 0 amide bonds. The van der Waals surface area contributed by atoms with Gasteiger partial charge in [-0.15, -0.1) is 11.3 Å². The Morgan fingerprint density at radius 3 is 2.88 bits per heavy atom. The fraction of sp³-hybridized carbons (Fsp3) is 0.182. The lowest BCUT2D eigenvalue weighted by molar-refractivity contribution is 0.0960. The fourth-order valence-corrected chi connectivity index (χ4v) is 2.11. The van der Waals surface area contributed by atoms with Crippen LogP contribution in [0.2, 0.25) is 0 Å². The molecule has 0 spiro atoms. The van der Waals surface area contributed by atoms with Crippen LogP contribution in [0.25, 0.3) is 0 Å². The first-order valence-electron chi connectivity index (χ1n) is 5.06. The molecule has 0 radical (unpaired) electrons. The van der Waals surface area contributed by atoms with Gasteiger partial charge in [0.05, 0.1) is 6.04 Å². The lowest BCUT2D eigenvalue weighted by Crippen LogP contribution is -2.32. The minimum Gasteiger partial charge on any atom is -0.384 e. The number of hydrogen-bond acceptors (Lipinski definition) is 6. The summed E-state index contributed by atoms with van der Waals surface area (Å²) in [5.74, 6) is 0.284. The van der Waals surface area contributed by atoms with Crippen LogP contribution in [0.15, 0.2) is 29.9 Å². The summed E-state index contributed by atoms with van der Waals surface area (Å²) in [6, 6.07) is 2.92. The number of pyridine rings is 1. The van der Waals surface area contributed by atoms with Crippen LogP contribution in [0.4, 0.5) is 5.82 Å². The molecule has 2 heterocycles. The number of Topliss-reactive ketones (excluding diaryl/α,β-unsaturated/α-hetero) is 1. The number of carbonyl (C=O) groups excluding carboxylic acids is 1. The molecule has 2 rings (SSSR count). The predicted octanol–water partition coefficient (Wildman–Crippen LogP) is 0.873. The van der Waals surface area contributed by atoms with Gasteiger partial charge in [0.15, 0.2) is 5.01 Å². The van der Waals surface area contributed by atoms with Crippen molar-refractivity contribution in [2.75, 3.05) is 5.73 Å². The molecule has 4 N–H and O–H groups in total. The number of nitrogens with two attached hydrogens (primary N) is 2. The highest BCUT2D eigenvalue weighted by Crippen LogP contribution is 2.11. The minimum absolute atomic E-state index is 0.143. The maximum absolute atomic E-state index is 11.9. The van der Waals surface area contributed by atoms with E-state index in [0.717, 1.165) is 5.56 Å². The highest BCUT2D eigenvalue weighted by Gasteiger charge is 2.18. The number of rotatable bonds is 4. The SMILES string of the molecule is Nc1cc(CC(N)C(=O)c2nccs2)ccn1. The first-order chi connectivity index (χ1) is 8.16. The quantitative estimate of drug-likeness (QED) is 0.783. The van der Waals surface area contributed by atoms with Crippen molar-refractivity contribution in [2.24, 2.45) is 5.73 Å². The van der Waals surface area contributed by atoms with Gasteiger partial charge in [-0.25, -0.2) is 9.97 Å². The minimum atomic E-state index is -0.594. The third kappa shape index (κ3) is 2.86. The van der Waals surface area contributed by atoms with Gasteiger partial charge in [-0.2, -0.15) is 0 Å². The molecule has 0 bridgehead atoms. The maximum Gasteiger partial charge on any atom is 0.208 e. The van der Waals surface area contributed by atoms with E-state index in [-0.39, 0.29) is 5.78 Å². The molecule has 2 aromatic heterocycles. The number of ketones is 1. The summed E-state index contributed by atoms with van der Waals surface area (Å²) in [5, 5.41) is 2.20. The second-order valence-electron chi connectivity index (χ2n) is 3.60. The smallest absolute Gasteiger partial charge is 0.208 e. The number of carbonyl (C=O) groups is 1. The summed E-state index contributed by atoms with van der Waals surface area (Å²) in [6.07, 6.45) is 3.63. The van der Waals surface area contributed by atoms with Gasteiger partial charge >= 0.3 is 0 Å². The van der Waals surface area contributed by atoms with Crippen LogP contribution in [-0.2, 0) is 6.42 Å². The normalized spacial score (nSPS) is 12.3. The molecule has 2 aromatic rings. The van der Waals surface area contributed by atoms with Gasteiger partial charge in [-0.05, 0) is 24.1 Å². The largest absolute Gasteiger partial charge is 0.384 e. The average Bonchev–Trinajstić information content (AvgIpc) is 2.81. The third-order valence-electron chi connectivity index (χ3n) is 2.28. The van der Waals surface area contributed by atoms with Crippen molar-refractivity contribution in [3.05, 3.63) is 40.5 Å². The van der Waals surface area contributed by atoms with Gasteiger partial charge in [-0.3, -0.25) is 4.79 Å². The summed E-state index contributed by atoms with van der Waals surface area (Å²) < 4.78 is 0. The number of nitrogens with zero attached hydrogens (tertiary/aromatic N) is 2. The molecule has 1 unspecified atom stereocenters. The number of nitrogen functional groups attached to an aromatic ring is 1. The number of hydrogen-bond donors (Lipinski definition) is 2. The molecule has 17 heavy (non-hydrogen) atoms. The van der Waals surface area contributed by atoms with Crippen LogP contribution in [0.5, 0.6) is 0 Å². The van der Waals surface area contributed by atoms with Crippen LogP contribution in [-0.4, -0.2) is 21.8 Å². The van der Waals surface area contributed by atoms with Crippen molar-refractivity contribution in [3.63, 3.8) is 0 Å². The summed E-state index contributed by atoms with van der Waals surface area (Å²) in [6.45, 7) is 0. The van der Waals surface area contributed by atoms with Gasteiger partial charge in [0.2, 0.25) is 5.78 Å². The van der Waals surface area contributed by atoms with Crippen LogP contribution >= 0.6 is 11.3 Å². The third-order valence-corrected chi connectivity index (χ3v) is 3.07. The van der Waals surface area contributed by atoms with Crippen molar-refractivity contribution >= 4 is 22.9 Å². The van der Waals surface area contributed by atoms with Crippen LogP contribution < -0.4 is 11.5 Å². The van der Waals surface area contributed by atoms with E-state index in [0.29, 0.717) is 17.2 Å². The second kappa shape index (κ2) is 5.03. The van der Waals surface area contributed by atoms with E-state index in [2.05, 4.69) is 9.97 Å². The summed E-state index contributed by atoms with van der Waals surface area (Å²) in [7, 11) is 0. The van der Waals surface area contributed by atoms with Gasteiger partial charge in [0, 0.05) is 17.8 Å². The number of thiazole rings is 1. The second-order valence-corrected chi connectivity index (χ2v) is 4.50. The predicted molar refractivity (Wildman–Crippen MR) is 66.8 cm³/mol. The molecule has 0 saturated heterocycles. The molecule has 0 aromatic carbocycles. The van der Waals surface area contributed by atoms with Gasteiger partial charge in [0.25, 0.3) is 0 Å². The Hall–Kier alpha value is -1.79. The van der Waals surface area contributed by atoms with Gasteiger partial charge < -0.3 is 11.5 Å². The highest BCUT2D eigenvalue weighted by atomic mass is 32.1. The van der Waals surface area contributed by atoms with E-state index in [4.69, 9.17) is 11.5 Å². The summed E-state index contributed by atoms with van der Waals surface area (Å²) in [4.78, 5) is 19.7. The zero-order valence-electron chi connectivity index (χ0n) is 9.04. The number of anilines is 1.